The Morgan fingerprint density at radius 2 is 2.33 bits per heavy atom. The van der Waals surface area contributed by atoms with Crippen molar-refractivity contribution in [1.29, 1.82) is 0 Å². The summed E-state index contributed by atoms with van der Waals surface area (Å²) in [6.07, 6.45) is 0. The van der Waals surface area contributed by atoms with Gasteiger partial charge in [-0.2, -0.15) is 0 Å². The van der Waals surface area contributed by atoms with Crippen LogP contribution >= 0.6 is 34.3 Å². The summed E-state index contributed by atoms with van der Waals surface area (Å²) in [6.45, 7) is 0.357. The van der Waals surface area contributed by atoms with E-state index in [2.05, 4.69) is 4.98 Å². The zero-order valence-electron chi connectivity index (χ0n) is 7.57. The molecule has 2 aromatic heterocycles. The summed E-state index contributed by atoms with van der Waals surface area (Å²) in [5.74, 6) is -0.133. The fraction of sp³-hybridized carbons (Fsp3) is 0.111. The zero-order valence-corrected chi connectivity index (χ0v) is 9.96. The standard InChI is InChI=1S/C9H7ClN2OS2/c10-5-1-2-14-9(5)8(13)6-4-15-7(3-11)12-6/h1-2,4H,3,11H2. The normalized spacial score (nSPS) is 10.5. The first kappa shape index (κ1) is 10.8. The number of nitrogens with two attached hydrogens (primary N) is 1. The Labute approximate surface area is 99.5 Å². The van der Waals surface area contributed by atoms with Crippen molar-refractivity contribution in [3.8, 4) is 0 Å². The van der Waals surface area contributed by atoms with E-state index in [4.69, 9.17) is 17.3 Å². The lowest BCUT2D eigenvalue weighted by Gasteiger charge is -1.93. The minimum Gasteiger partial charge on any atom is -0.325 e. The maximum atomic E-state index is 11.9. The van der Waals surface area contributed by atoms with E-state index < -0.39 is 0 Å². The fourth-order valence-corrected chi connectivity index (χ4v) is 2.83. The van der Waals surface area contributed by atoms with Crippen LogP contribution in [0.5, 0.6) is 0 Å². The van der Waals surface area contributed by atoms with Gasteiger partial charge in [-0.05, 0) is 11.4 Å². The predicted molar refractivity (Wildman–Crippen MR) is 62.8 cm³/mol. The smallest absolute Gasteiger partial charge is 0.223 e. The molecule has 0 saturated heterocycles. The molecule has 0 saturated carbocycles. The van der Waals surface area contributed by atoms with Crippen LogP contribution in [0.25, 0.3) is 0 Å². The highest BCUT2D eigenvalue weighted by Crippen LogP contribution is 2.25. The van der Waals surface area contributed by atoms with Crippen LogP contribution < -0.4 is 5.73 Å². The van der Waals surface area contributed by atoms with Crippen LogP contribution in [0, 0.1) is 0 Å². The number of halogens is 1. The first-order valence-corrected chi connectivity index (χ1v) is 6.28. The fourth-order valence-electron chi connectivity index (χ4n) is 1.08. The molecule has 15 heavy (non-hydrogen) atoms. The monoisotopic (exact) mass is 258 g/mol. The molecule has 0 spiro atoms. The summed E-state index contributed by atoms with van der Waals surface area (Å²) in [5.41, 5.74) is 5.85. The lowest BCUT2D eigenvalue weighted by Crippen LogP contribution is -2.01. The lowest BCUT2D eigenvalue weighted by molar-refractivity contribution is 0.103. The minimum absolute atomic E-state index is 0.133. The first-order chi connectivity index (χ1) is 7.22. The van der Waals surface area contributed by atoms with Gasteiger partial charge in [-0.1, -0.05) is 11.6 Å². The SMILES string of the molecule is NCc1nc(C(=O)c2sccc2Cl)cs1. The van der Waals surface area contributed by atoms with E-state index in [1.807, 2.05) is 0 Å². The molecule has 2 heterocycles. The van der Waals surface area contributed by atoms with Crippen LogP contribution in [0.1, 0.15) is 20.4 Å². The molecule has 2 aromatic rings. The summed E-state index contributed by atoms with van der Waals surface area (Å²) < 4.78 is 0. The van der Waals surface area contributed by atoms with Gasteiger partial charge < -0.3 is 5.73 Å². The molecule has 0 atom stereocenters. The van der Waals surface area contributed by atoms with E-state index in [0.717, 1.165) is 5.01 Å². The van der Waals surface area contributed by atoms with Crippen LogP contribution in [0.3, 0.4) is 0 Å². The molecule has 6 heteroatoms. The molecule has 0 amide bonds. The second kappa shape index (κ2) is 4.40. The van der Waals surface area contributed by atoms with Gasteiger partial charge in [-0.3, -0.25) is 4.79 Å². The molecule has 0 aromatic carbocycles. The molecule has 0 unspecified atom stereocenters. The molecular formula is C9H7ClN2OS2. The largest absolute Gasteiger partial charge is 0.325 e. The third kappa shape index (κ3) is 2.10. The van der Waals surface area contributed by atoms with Gasteiger partial charge in [0.05, 0.1) is 9.90 Å². The van der Waals surface area contributed by atoms with E-state index in [0.29, 0.717) is 22.1 Å². The van der Waals surface area contributed by atoms with Gasteiger partial charge in [0.25, 0.3) is 0 Å². The van der Waals surface area contributed by atoms with Crippen LogP contribution in [0.4, 0.5) is 0 Å². The molecule has 0 bridgehead atoms. The Morgan fingerprint density at radius 1 is 1.53 bits per heavy atom. The van der Waals surface area contributed by atoms with Gasteiger partial charge in [0, 0.05) is 11.9 Å². The molecular weight excluding hydrogens is 252 g/mol. The third-order valence-corrected chi connectivity index (χ3v) is 3.99. The van der Waals surface area contributed by atoms with Crippen molar-refractivity contribution in [2.24, 2.45) is 5.73 Å². The Hall–Kier alpha value is -0.750. The topological polar surface area (TPSA) is 56.0 Å². The molecule has 78 valence electrons. The Bertz CT molecular complexity index is 492. The number of nitrogens with zero attached hydrogens (tertiary/aromatic N) is 1. The molecule has 0 aliphatic carbocycles. The van der Waals surface area contributed by atoms with E-state index in [9.17, 15) is 4.79 Å². The van der Waals surface area contributed by atoms with Gasteiger partial charge >= 0.3 is 0 Å². The van der Waals surface area contributed by atoms with Crippen LogP contribution in [-0.2, 0) is 6.54 Å². The first-order valence-electron chi connectivity index (χ1n) is 4.14. The Kier molecular flexibility index (Phi) is 3.16. The highest BCUT2D eigenvalue weighted by Gasteiger charge is 2.16. The van der Waals surface area contributed by atoms with Gasteiger partial charge in [0.1, 0.15) is 10.7 Å². The average molecular weight is 259 g/mol. The van der Waals surface area contributed by atoms with Gasteiger partial charge in [-0.25, -0.2) is 4.98 Å². The molecule has 0 aliphatic rings. The molecule has 0 fully saturated rings. The van der Waals surface area contributed by atoms with E-state index >= 15 is 0 Å². The number of aromatic nitrogens is 1. The van der Waals surface area contributed by atoms with Gasteiger partial charge in [-0.15, -0.1) is 22.7 Å². The van der Waals surface area contributed by atoms with Crippen molar-refractivity contribution in [2.75, 3.05) is 0 Å². The number of thiazole rings is 1. The summed E-state index contributed by atoms with van der Waals surface area (Å²) in [5, 5.41) is 4.73. The van der Waals surface area contributed by atoms with Crippen LogP contribution in [-0.4, -0.2) is 10.8 Å². The Morgan fingerprint density at radius 3 is 2.87 bits per heavy atom. The summed E-state index contributed by atoms with van der Waals surface area (Å²) >= 11 is 8.57. The van der Waals surface area contributed by atoms with Crippen molar-refractivity contribution in [3.05, 3.63) is 37.4 Å². The van der Waals surface area contributed by atoms with Gasteiger partial charge in [0.15, 0.2) is 0 Å². The molecule has 3 nitrogen and oxygen atoms in total. The third-order valence-electron chi connectivity index (χ3n) is 1.78. The molecule has 0 radical (unpaired) electrons. The maximum absolute atomic E-state index is 11.9. The summed E-state index contributed by atoms with van der Waals surface area (Å²) in [6, 6.07) is 1.70. The quantitative estimate of drug-likeness (QED) is 0.861. The molecule has 2 N–H and O–H groups in total. The van der Waals surface area contributed by atoms with Crippen LogP contribution in [0.15, 0.2) is 16.8 Å². The average Bonchev–Trinajstić information content (AvgIpc) is 2.84. The molecule has 0 aliphatic heterocycles. The summed E-state index contributed by atoms with van der Waals surface area (Å²) in [4.78, 5) is 16.5. The van der Waals surface area contributed by atoms with Crippen molar-refractivity contribution in [2.45, 2.75) is 6.54 Å². The highest BCUT2D eigenvalue weighted by molar-refractivity contribution is 7.13. The van der Waals surface area contributed by atoms with E-state index in [1.165, 1.54) is 22.7 Å². The van der Waals surface area contributed by atoms with Crippen molar-refractivity contribution >= 4 is 40.1 Å². The second-order valence-corrected chi connectivity index (χ2v) is 5.02. The minimum atomic E-state index is -0.133. The van der Waals surface area contributed by atoms with E-state index in [-0.39, 0.29) is 5.78 Å². The number of carbonyl (C=O) groups excluding carboxylic acids is 1. The second-order valence-electron chi connectivity index (χ2n) is 2.76. The number of hydrogen-bond acceptors (Lipinski definition) is 5. The maximum Gasteiger partial charge on any atom is 0.223 e. The van der Waals surface area contributed by atoms with Crippen molar-refractivity contribution in [1.82, 2.24) is 4.98 Å². The zero-order chi connectivity index (χ0) is 10.8. The van der Waals surface area contributed by atoms with Crippen molar-refractivity contribution < 1.29 is 4.79 Å². The predicted octanol–water partition coefficient (Wildman–Crippen LogP) is 2.55. The van der Waals surface area contributed by atoms with Gasteiger partial charge in [0.2, 0.25) is 5.78 Å². The number of carbonyl (C=O) groups is 1. The van der Waals surface area contributed by atoms with E-state index in [1.54, 1.807) is 16.8 Å². The number of thiophene rings is 1. The number of ketones is 1. The lowest BCUT2D eigenvalue weighted by atomic mass is 10.2. The molecule has 2 rings (SSSR count). The number of rotatable bonds is 3. The van der Waals surface area contributed by atoms with Crippen molar-refractivity contribution in [3.63, 3.8) is 0 Å². The Balaban J connectivity index is 2.32. The number of hydrogen-bond donors (Lipinski definition) is 1. The highest BCUT2D eigenvalue weighted by atomic mass is 35.5. The summed E-state index contributed by atoms with van der Waals surface area (Å²) in [7, 11) is 0. The van der Waals surface area contributed by atoms with Crippen LogP contribution in [0.2, 0.25) is 5.02 Å².